The van der Waals surface area contributed by atoms with E-state index in [-0.39, 0.29) is 15.8 Å². The average molecular weight is 457 g/mol. The standard InChI is InChI=1S/C20H26ClFN4OS2/c1-13-9-28-18(24-13)25-29(27)17-7-14(21)16(8-15(17)22)23-11-20-5-4-6-26(20)12-19(2,3)10-20/h7-9,23H,4-6,10-12H2,1-3H3,(H,24,25). The molecule has 158 valence electrons. The second-order valence-corrected chi connectivity index (χ2v) is 11.3. The first kappa shape index (κ1) is 21.0. The summed E-state index contributed by atoms with van der Waals surface area (Å²) in [5, 5.41) is 6.07. The number of nitrogens with one attached hydrogen (secondary N) is 2. The van der Waals surface area contributed by atoms with Gasteiger partial charge in [-0.15, -0.1) is 11.3 Å². The fourth-order valence-electron chi connectivity index (χ4n) is 4.77. The Hall–Kier alpha value is -1.22. The fourth-order valence-corrected chi connectivity index (χ4v) is 6.79. The van der Waals surface area contributed by atoms with Crippen LogP contribution in [-0.2, 0) is 11.0 Å². The zero-order valence-corrected chi connectivity index (χ0v) is 19.2. The van der Waals surface area contributed by atoms with E-state index in [1.54, 1.807) is 0 Å². The maximum Gasteiger partial charge on any atom is 0.195 e. The quantitative estimate of drug-likeness (QED) is 0.638. The molecular formula is C20H26ClFN4OS2. The van der Waals surface area contributed by atoms with E-state index < -0.39 is 16.8 Å². The van der Waals surface area contributed by atoms with Crippen molar-refractivity contribution in [2.45, 2.75) is 50.5 Å². The Kier molecular flexibility index (Phi) is 5.65. The van der Waals surface area contributed by atoms with Crippen molar-refractivity contribution in [3.63, 3.8) is 0 Å². The van der Waals surface area contributed by atoms with Gasteiger partial charge < -0.3 is 5.32 Å². The van der Waals surface area contributed by atoms with Crippen molar-refractivity contribution in [2.24, 2.45) is 5.41 Å². The van der Waals surface area contributed by atoms with Crippen molar-refractivity contribution in [3.8, 4) is 0 Å². The molecule has 2 aliphatic rings. The molecule has 2 unspecified atom stereocenters. The lowest BCUT2D eigenvalue weighted by Crippen LogP contribution is -2.44. The normalized spacial score (nSPS) is 24.4. The topological polar surface area (TPSA) is 57.3 Å². The lowest BCUT2D eigenvalue weighted by Gasteiger charge is -2.33. The van der Waals surface area contributed by atoms with Crippen molar-refractivity contribution in [1.29, 1.82) is 0 Å². The lowest BCUT2D eigenvalue weighted by molar-refractivity contribution is 0.209. The summed E-state index contributed by atoms with van der Waals surface area (Å²) in [6, 6.07) is 2.78. The maximum absolute atomic E-state index is 14.7. The van der Waals surface area contributed by atoms with Crippen LogP contribution in [0, 0.1) is 18.2 Å². The van der Waals surface area contributed by atoms with Gasteiger partial charge in [0.25, 0.3) is 0 Å². The Bertz CT molecular complexity index is 951. The number of halogens is 2. The first-order valence-electron chi connectivity index (χ1n) is 9.76. The van der Waals surface area contributed by atoms with Crippen LogP contribution in [0.25, 0.3) is 0 Å². The number of benzene rings is 1. The summed E-state index contributed by atoms with van der Waals surface area (Å²) in [6.07, 6.45) is 3.45. The molecule has 1 aromatic heterocycles. The molecular weight excluding hydrogens is 431 g/mol. The number of fused-ring (bicyclic) bond motifs is 1. The van der Waals surface area contributed by atoms with Gasteiger partial charge in [0.05, 0.1) is 21.3 Å². The van der Waals surface area contributed by atoms with E-state index in [9.17, 15) is 8.60 Å². The minimum Gasteiger partial charge on any atom is -0.382 e. The molecule has 4 rings (SSSR count). The third kappa shape index (κ3) is 4.31. The van der Waals surface area contributed by atoms with E-state index >= 15 is 0 Å². The van der Waals surface area contributed by atoms with Gasteiger partial charge in [-0.3, -0.25) is 9.62 Å². The average Bonchev–Trinajstić information content (AvgIpc) is 3.27. The van der Waals surface area contributed by atoms with Gasteiger partial charge in [0.1, 0.15) is 5.82 Å². The number of hydrogen-bond donors (Lipinski definition) is 2. The van der Waals surface area contributed by atoms with Crippen LogP contribution in [0.2, 0.25) is 5.02 Å². The van der Waals surface area contributed by atoms with Crippen LogP contribution in [0.1, 0.15) is 38.8 Å². The molecule has 2 N–H and O–H groups in total. The molecule has 0 spiro atoms. The SMILES string of the molecule is Cc1csc(NS(=O)c2cc(Cl)c(NCC34CCCN3CC(C)(C)C4)cc2F)n1. The summed E-state index contributed by atoms with van der Waals surface area (Å²) in [6.45, 7) is 9.40. The molecule has 5 nitrogen and oxygen atoms in total. The molecule has 2 aromatic rings. The van der Waals surface area contributed by atoms with Gasteiger partial charge in [-0.2, -0.15) is 0 Å². The summed E-state index contributed by atoms with van der Waals surface area (Å²) in [5.74, 6) is -0.552. The number of thiazole rings is 1. The molecule has 29 heavy (non-hydrogen) atoms. The fraction of sp³-hybridized carbons (Fsp3) is 0.550. The van der Waals surface area contributed by atoms with Crippen molar-refractivity contribution in [2.75, 3.05) is 29.7 Å². The second kappa shape index (κ2) is 7.80. The molecule has 2 aliphatic heterocycles. The smallest absolute Gasteiger partial charge is 0.195 e. The Balaban J connectivity index is 1.48. The zero-order valence-electron chi connectivity index (χ0n) is 16.8. The number of aromatic nitrogens is 1. The van der Waals surface area contributed by atoms with E-state index in [1.165, 1.54) is 29.9 Å². The number of rotatable bonds is 6. The molecule has 0 amide bonds. The summed E-state index contributed by atoms with van der Waals surface area (Å²) < 4.78 is 30.0. The monoisotopic (exact) mass is 456 g/mol. The lowest BCUT2D eigenvalue weighted by atomic mass is 9.82. The number of anilines is 2. The number of nitrogens with zero attached hydrogens (tertiary/aromatic N) is 2. The van der Waals surface area contributed by atoms with E-state index in [4.69, 9.17) is 11.6 Å². The highest BCUT2D eigenvalue weighted by Gasteiger charge is 2.51. The summed E-state index contributed by atoms with van der Waals surface area (Å²) in [7, 11) is -1.77. The Morgan fingerprint density at radius 3 is 2.93 bits per heavy atom. The van der Waals surface area contributed by atoms with E-state index in [0.29, 0.717) is 15.8 Å². The minimum absolute atomic E-state index is 0.0241. The van der Waals surface area contributed by atoms with E-state index in [1.807, 2.05) is 12.3 Å². The van der Waals surface area contributed by atoms with Crippen LogP contribution in [0.4, 0.5) is 15.2 Å². The third-order valence-corrected chi connectivity index (χ3v) is 8.20. The largest absolute Gasteiger partial charge is 0.382 e. The summed E-state index contributed by atoms with van der Waals surface area (Å²) in [5.41, 5.74) is 1.76. The molecule has 2 fully saturated rings. The van der Waals surface area contributed by atoms with E-state index in [2.05, 4.69) is 33.8 Å². The van der Waals surface area contributed by atoms with Gasteiger partial charge in [0.15, 0.2) is 16.1 Å². The van der Waals surface area contributed by atoms with Crippen molar-refractivity contribution < 1.29 is 8.60 Å². The second-order valence-electron chi connectivity index (χ2n) is 8.87. The van der Waals surface area contributed by atoms with Crippen LogP contribution < -0.4 is 10.0 Å². The van der Waals surface area contributed by atoms with Crippen LogP contribution in [0.5, 0.6) is 0 Å². The van der Waals surface area contributed by atoms with Gasteiger partial charge in [-0.25, -0.2) is 13.6 Å². The molecule has 2 saturated heterocycles. The molecule has 0 bridgehead atoms. The van der Waals surface area contributed by atoms with Crippen molar-refractivity contribution in [1.82, 2.24) is 9.88 Å². The molecule has 1 aromatic carbocycles. The van der Waals surface area contributed by atoms with Gasteiger partial charge >= 0.3 is 0 Å². The highest BCUT2D eigenvalue weighted by Crippen LogP contribution is 2.47. The van der Waals surface area contributed by atoms with Crippen LogP contribution in [0.3, 0.4) is 0 Å². The van der Waals surface area contributed by atoms with Gasteiger partial charge in [-0.05, 0) is 50.3 Å². The molecule has 0 saturated carbocycles. The Morgan fingerprint density at radius 2 is 2.21 bits per heavy atom. The summed E-state index contributed by atoms with van der Waals surface area (Å²) >= 11 is 7.74. The van der Waals surface area contributed by atoms with Crippen LogP contribution in [-0.4, -0.2) is 39.3 Å². The first-order chi connectivity index (χ1) is 13.7. The Morgan fingerprint density at radius 1 is 1.41 bits per heavy atom. The molecule has 9 heteroatoms. The van der Waals surface area contributed by atoms with Gasteiger partial charge in [0, 0.05) is 24.0 Å². The predicted octanol–water partition coefficient (Wildman–Crippen LogP) is 5.06. The number of hydrogen-bond acceptors (Lipinski definition) is 5. The predicted molar refractivity (Wildman–Crippen MR) is 119 cm³/mol. The highest BCUT2D eigenvalue weighted by atomic mass is 35.5. The van der Waals surface area contributed by atoms with Crippen molar-refractivity contribution in [3.05, 3.63) is 34.0 Å². The molecule has 0 radical (unpaired) electrons. The van der Waals surface area contributed by atoms with Gasteiger partial charge in [-0.1, -0.05) is 25.4 Å². The van der Waals surface area contributed by atoms with Crippen LogP contribution in [0.15, 0.2) is 22.4 Å². The van der Waals surface area contributed by atoms with Crippen molar-refractivity contribution >= 4 is 44.7 Å². The van der Waals surface area contributed by atoms with Crippen LogP contribution >= 0.6 is 22.9 Å². The third-order valence-electron chi connectivity index (χ3n) is 5.80. The molecule has 2 atom stereocenters. The number of aryl methyl sites for hydroxylation is 1. The molecule has 0 aliphatic carbocycles. The highest BCUT2D eigenvalue weighted by molar-refractivity contribution is 7.86. The first-order valence-corrected chi connectivity index (χ1v) is 12.2. The summed E-state index contributed by atoms with van der Waals surface area (Å²) in [4.78, 5) is 6.79. The molecule has 3 heterocycles. The van der Waals surface area contributed by atoms with Gasteiger partial charge in [0.2, 0.25) is 0 Å². The maximum atomic E-state index is 14.7. The Labute approximate surface area is 182 Å². The van der Waals surface area contributed by atoms with E-state index in [0.717, 1.165) is 38.2 Å². The zero-order chi connectivity index (χ0) is 20.8. The minimum atomic E-state index is -1.77.